The molecule has 5 nitrogen and oxygen atoms in total. The molecule has 0 fully saturated rings. The summed E-state index contributed by atoms with van der Waals surface area (Å²) < 4.78 is 6.83. The number of aryl methyl sites for hydroxylation is 1. The van der Waals surface area contributed by atoms with Crippen molar-refractivity contribution in [2.45, 2.75) is 13.5 Å². The molecule has 0 aliphatic rings. The van der Waals surface area contributed by atoms with Crippen LogP contribution in [0, 0.1) is 17.0 Å². The summed E-state index contributed by atoms with van der Waals surface area (Å²) in [6.45, 7) is 2.46. The number of nitrogens with zero attached hydrogens (tertiary/aromatic N) is 1. The normalized spacial score (nSPS) is 10.4. The van der Waals surface area contributed by atoms with E-state index in [0.29, 0.717) is 12.3 Å². The largest absolute Gasteiger partial charge is 0.457 e. The third-order valence-corrected chi connectivity index (χ3v) is 3.48. The van der Waals surface area contributed by atoms with Crippen molar-refractivity contribution in [1.29, 1.82) is 0 Å². The highest BCUT2D eigenvalue weighted by molar-refractivity contribution is 9.10. The molecule has 0 spiro atoms. The van der Waals surface area contributed by atoms with Crippen LogP contribution in [0.2, 0.25) is 0 Å². The van der Waals surface area contributed by atoms with Gasteiger partial charge in [0.2, 0.25) is 0 Å². The van der Waals surface area contributed by atoms with Gasteiger partial charge in [-0.3, -0.25) is 10.1 Å². The average Bonchev–Trinajstić information content (AvgIpc) is 2.44. The van der Waals surface area contributed by atoms with Crippen LogP contribution in [0.4, 0.5) is 5.69 Å². The van der Waals surface area contributed by atoms with Crippen LogP contribution in [-0.2, 0) is 6.54 Å². The van der Waals surface area contributed by atoms with Gasteiger partial charge in [0, 0.05) is 28.7 Å². The van der Waals surface area contributed by atoms with E-state index in [4.69, 9.17) is 4.74 Å². The van der Waals surface area contributed by atoms with Gasteiger partial charge in [-0.25, -0.2) is 0 Å². The molecular formula is C15H15BrN2O3. The summed E-state index contributed by atoms with van der Waals surface area (Å²) >= 11 is 3.42. The third kappa shape index (κ3) is 3.80. The molecule has 2 rings (SSSR count). The van der Waals surface area contributed by atoms with E-state index in [9.17, 15) is 10.1 Å². The minimum absolute atomic E-state index is 0.0598. The molecule has 0 heterocycles. The molecule has 0 aliphatic heterocycles. The molecule has 0 saturated carbocycles. The molecule has 0 amide bonds. The number of ether oxygens (including phenoxy) is 1. The maximum atomic E-state index is 10.8. The second kappa shape index (κ2) is 6.69. The second-order valence-electron chi connectivity index (χ2n) is 4.59. The lowest BCUT2D eigenvalue weighted by molar-refractivity contribution is -0.384. The Balaban J connectivity index is 2.33. The summed E-state index contributed by atoms with van der Waals surface area (Å²) in [7, 11) is 1.86. The summed E-state index contributed by atoms with van der Waals surface area (Å²) in [5.74, 6) is 1.33. The molecule has 0 aromatic heterocycles. The Kier molecular flexibility index (Phi) is 4.93. The molecule has 0 radical (unpaired) electrons. The highest BCUT2D eigenvalue weighted by Gasteiger charge is 2.11. The van der Waals surface area contributed by atoms with Gasteiger partial charge < -0.3 is 10.1 Å². The van der Waals surface area contributed by atoms with E-state index in [1.54, 1.807) is 13.0 Å². The SMILES string of the molecule is CNCc1ccc(Br)cc1Oc1ccc([N+](=O)[O-])cc1C. The fourth-order valence-electron chi connectivity index (χ4n) is 1.94. The first-order valence-corrected chi connectivity index (χ1v) is 7.16. The number of halogens is 1. The Hall–Kier alpha value is -1.92. The van der Waals surface area contributed by atoms with Gasteiger partial charge in [-0.05, 0) is 37.7 Å². The second-order valence-corrected chi connectivity index (χ2v) is 5.51. The average molecular weight is 351 g/mol. The van der Waals surface area contributed by atoms with E-state index in [1.165, 1.54) is 12.1 Å². The number of benzene rings is 2. The van der Waals surface area contributed by atoms with Gasteiger partial charge in [-0.1, -0.05) is 22.0 Å². The zero-order chi connectivity index (χ0) is 15.4. The predicted octanol–water partition coefficient (Wildman–Crippen LogP) is 4.18. The summed E-state index contributed by atoms with van der Waals surface area (Å²) in [4.78, 5) is 10.3. The highest BCUT2D eigenvalue weighted by Crippen LogP contribution is 2.32. The van der Waals surface area contributed by atoms with E-state index in [1.807, 2.05) is 25.2 Å². The molecule has 1 N–H and O–H groups in total. The number of rotatable bonds is 5. The molecule has 0 bridgehead atoms. The van der Waals surface area contributed by atoms with Gasteiger partial charge in [-0.2, -0.15) is 0 Å². The van der Waals surface area contributed by atoms with E-state index in [0.717, 1.165) is 21.3 Å². The van der Waals surface area contributed by atoms with Gasteiger partial charge in [0.05, 0.1) is 4.92 Å². The Morgan fingerprint density at radius 3 is 2.62 bits per heavy atom. The molecule has 0 saturated heterocycles. The van der Waals surface area contributed by atoms with Crippen molar-refractivity contribution in [3.63, 3.8) is 0 Å². The maximum absolute atomic E-state index is 10.8. The Labute approximate surface area is 131 Å². The lowest BCUT2D eigenvalue weighted by Gasteiger charge is -2.13. The van der Waals surface area contributed by atoms with Gasteiger partial charge in [0.25, 0.3) is 5.69 Å². The number of hydrogen-bond acceptors (Lipinski definition) is 4. The van der Waals surface area contributed by atoms with E-state index in [-0.39, 0.29) is 5.69 Å². The Morgan fingerprint density at radius 1 is 1.24 bits per heavy atom. The number of nitro groups is 1. The van der Waals surface area contributed by atoms with E-state index >= 15 is 0 Å². The molecular weight excluding hydrogens is 336 g/mol. The lowest BCUT2D eigenvalue weighted by Crippen LogP contribution is -2.06. The zero-order valence-corrected chi connectivity index (χ0v) is 13.3. The molecule has 2 aromatic rings. The number of non-ortho nitro benzene ring substituents is 1. The third-order valence-electron chi connectivity index (χ3n) is 2.99. The van der Waals surface area contributed by atoms with Gasteiger partial charge in [-0.15, -0.1) is 0 Å². The van der Waals surface area contributed by atoms with Crippen molar-refractivity contribution in [2.24, 2.45) is 0 Å². The van der Waals surface area contributed by atoms with E-state index in [2.05, 4.69) is 21.2 Å². The van der Waals surface area contributed by atoms with Gasteiger partial charge >= 0.3 is 0 Å². The first-order valence-electron chi connectivity index (χ1n) is 6.37. The predicted molar refractivity (Wildman–Crippen MR) is 84.8 cm³/mol. The fraction of sp³-hybridized carbons (Fsp3) is 0.200. The van der Waals surface area contributed by atoms with Crippen molar-refractivity contribution in [1.82, 2.24) is 5.32 Å². The maximum Gasteiger partial charge on any atom is 0.269 e. The molecule has 0 unspecified atom stereocenters. The van der Waals surface area contributed by atoms with E-state index < -0.39 is 4.92 Å². The monoisotopic (exact) mass is 350 g/mol. The highest BCUT2D eigenvalue weighted by atomic mass is 79.9. The zero-order valence-electron chi connectivity index (χ0n) is 11.7. The summed E-state index contributed by atoms with van der Waals surface area (Å²) in [6.07, 6.45) is 0. The topological polar surface area (TPSA) is 64.4 Å². The van der Waals surface area contributed by atoms with Crippen molar-refractivity contribution in [3.05, 3.63) is 62.1 Å². The van der Waals surface area contributed by atoms with Gasteiger partial charge in [0.15, 0.2) is 0 Å². The van der Waals surface area contributed by atoms with Crippen LogP contribution in [0.5, 0.6) is 11.5 Å². The molecule has 6 heteroatoms. The molecule has 21 heavy (non-hydrogen) atoms. The first kappa shape index (κ1) is 15.5. The standard InChI is InChI=1S/C15H15BrN2O3/c1-10-7-13(18(19)20)5-6-14(10)21-15-8-12(16)4-3-11(15)9-17-2/h3-8,17H,9H2,1-2H3. The Morgan fingerprint density at radius 2 is 2.00 bits per heavy atom. The molecule has 2 aromatic carbocycles. The summed E-state index contributed by atoms with van der Waals surface area (Å²) in [5, 5.41) is 13.8. The fourth-order valence-corrected chi connectivity index (χ4v) is 2.28. The quantitative estimate of drug-likeness (QED) is 0.648. The molecule has 110 valence electrons. The van der Waals surface area contributed by atoms with Crippen LogP contribution in [0.1, 0.15) is 11.1 Å². The van der Waals surface area contributed by atoms with Crippen LogP contribution in [0.15, 0.2) is 40.9 Å². The van der Waals surface area contributed by atoms with Crippen LogP contribution < -0.4 is 10.1 Å². The van der Waals surface area contributed by atoms with Crippen molar-refractivity contribution in [3.8, 4) is 11.5 Å². The minimum Gasteiger partial charge on any atom is -0.457 e. The van der Waals surface area contributed by atoms with Gasteiger partial charge in [0.1, 0.15) is 11.5 Å². The molecule has 0 aliphatic carbocycles. The number of nitro benzene ring substituents is 1. The summed E-state index contributed by atoms with van der Waals surface area (Å²) in [6, 6.07) is 10.4. The van der Waals surface area contributed by atoms with Crippen LogP contribution >= 0.6 is 15.9 Å². The van der Waals surface area contributed by atoms with Crippen LogP contribution in [0.25, 0.3) is 0 Å². The minimum atomic E-state index is -0.414. The number of nitrogens with one attached hydrogen (secondary N) is 1. The van der Waals surface area contributed by atoms with Crippen molar-refractivity contribution >= 4 is 21.6 Å². The smallest absolute Gasteiger partial charge is 0.269 e. The lowest BCUT2D eigenvalue weighted by atomic mass is 10.1. The van der Waals surface area contributed by atoms with Crippen LogP contribution in [0.3, 0.4) is 0 Å². The van der Waals surface area contributed by atoms with Crippen molar-refractivity contribution in [2.75, 3.05) is 7.05 Å². The molecule has 0 atom stereocenters. The number of hydrogen-bond donors (Lipinski definition) is 1. The summed E-state index contributed by atoms with van der Waals surface area (Å²) in [5.41, 5.74) is 1.79. The first-order chi connectivity index (χ1) is 10.0. The van der Waals surface area contributed by atoms with Crippen molar-refractivity contribution < 1.29 is 9.66 Å². The van der Waals surface area contributed by atoms with Crippen LogP contribution in [-0.4, -0.2) is 12.0 Å². The Bertz CT molecular complexity index is 674.